The first kappa shape index (κ1) is 6.88. The molecular weight excluding hydrogens is 102 g/mol. The molecule has 1 aromatic rings. The van der Waals surface area contributed by atoms with Gasteiger partial charge in [-0.3, -0.25) is 0 Å². The largest absolute Gasteiger partial charge is 0.368 e. The topological polar surface area (TPSA) is 51.8 Å². The van der Waals surface area contributed by atoms with Crippen LogP contribution in [0.1, 0.15) is 7.43 Å². The van der Waals surface area contributed by atoms with Crippen molar-refractivity contribution in [2.45, 2.75) is 7.43 Å². The fraction of sp³-hybridized carbons (Fsp3) is 0.200. The molecule has 2 N–H and O–H groups in total. The minimum Gasteiger partial charge on any atom is -0.368 e. The molecule has 1 aromatic heterocycles. The third-order valence-corrected chi connectivity index (χ3v) is 0.586. The molecular formula is C5H9N3. The summed E-state index contributed by atoms with van der Waals surface area (Å²) in [7, 11) is 0. The van der Waals surface area contributed by atoms with Crippen LogP contribution >= 0.6 is 0 Å². The van der Waals surface area contributed by atoms with Crippen molar-refractivity contribution < 1.29 is 0 Å². The third kappa shape index (κ3) is 1.55. The molecule has 0 spiro atoms. The summed E-state index contributed by atoms with van der Waals surface area (Å²) in [5.41, 5.74) is 5.14. The van der Waals surface area contributed by atoms with E-state index >= 15 is 0 Å². The van der Waals surface area contributed by atoms with E-state index in [1.807, 2.05) is 0 Å². The molecule has 0 saturated carbocycles. The van der Waals surface area contributed by atoms with Crippen molar-refractivity contribution in [1.29, 1.82) is 0 Å². The van der Waals surface area contributed by atoms with Gasteiger partial charge in [0.05, 0.1) is 0 Å². The van der Waals surface area contributed by atoms with Crippen LogP contribution in [0.4, 0.5) is 5.95 Å². The Kier molecular flexibility index (Phi) is 2.54. The molecule has 0 aliphatic heterocycles. The molecule has 0 bridgehead atoms. The molecule has 1 rings (SSSR count). The van der Waals surface area contributed by atoms with E-state index in [4.69, 9.17) is 5.73 Å². The smallest absolute Gasteiger partial charge is 0.219 e. The summed E-state index contributed by atoms with van der Waals surface area (Å²) in [6, 6.07) is 1.72. The zero-order valence-electron chi connectivity index (χ0n) is 3.70. The predicted molar refractivity (Wildman–Crippen MR) is 33.2 cm³/mol. The molecule has 0 aliphatic rings. The number of rotatable bonds is 0. The molecule has 0 aliphatic carbocycles. The number of nitrogens with two attached hydrogens (primary N) is 1. The van der Waals surface area contributed by atoms with Gasteiger partial charge in [-0.25, -0.2) is 9.97 Å². The molecule has 3 nitrogen and oxygen atoms in total. The van der Waals surface area contributed by atoms with Gasteiger partial charge >= 0.3 is 0 Å². The molecule has 0 radical (unpaired) electrons. The molecule has 0 unspecified atom stereocenters. The zero-order chi connectivity index (χ0) is 5.11. The van der Waals surface area contributed by atoms with Crippen molar-refractivity contribution >= 4 is 5.95 Å². The molecule has 8 heavy (non-hydrogen) atoms. The Labute approximate surface area is 48.6 Å². The summed E-state index contributed by atoms with van der Waals surface area (Å²) in [6.07, 6.45) is 3.20. The van der Waals surface area contributed by atoms with Gasteiger partial charge in [-0.15, -0.1) is 0 Å². The second kappa shape index (κ2) is 2.96. The number of nitrogens with zero attached hydrogens (tertiary/aromatic N) is 2. The van der Waals surface area contributed by atoms with Crippen molar-refractivity contribution in [2.24, 2.45) is 0 Å². The zero-order valence-corrected chi connectivity index (χ0v) is 3.70. The van der Waals surface area contributed by atoms with E-state index in [0.717, 1.165) is 0 Å². The summed E-state index contributed by atoms with van der Waals surface area (Å²) < 4.78 is 0. The quantitative estimate of drug-likeness (QED) is 0.536. The molecule has 0 aromatic carbocycles. The highest BCUT2D eigenvalue weighted by Crippen LogP contribution is 1.81. The van der Waals surface area contributed by atoms with E-state index in [9.17, 15) is 0 Å². The lowest BCUT2D eigenvalue weighted by Gasteiger charge is -1.82. The molecule has 44 valence electrons. The van der Waals surface area contributed by atoms with Gasteiger partial charge in [0.2, 0.25) is 5.95 Å². The Bertz CT molecular complexity index is 138. The number of anilines is 1. The lowest BCUT2D eigenvalue weighted by atomic mass is 10.7. The predicted octanol–water partition coefficient (Wildman–Crippen LogP) is 0.695. The van der Waals surface area contributed by atoms with Gasteiger partial charge in [-0.1, -0.05) is 7.43 Å². The first-order chi connectivity index (χ1) is 3.39. The van der Waals surface area contributed by atoms with Crippen LogP contribution in [0.15, 0.2) is 18.5 Å². The summed E-state index contributed by atoms with van der Waals surface area (Å²) >= 11 is 0. The summed E-state index contributed by atoms with van der Waals surface area (Å²) in [5, 5.41) is 0. The normalized spacial score (nSPS) is 7.50. The maximum atomic E-state index is 5.14. The van der Waals surface area contributed by atoms with E-state index in [1.54, 1.807) is 18.5 Å². The van der Waals surface area contributed by atoms with E-state index < -0.39 is 0 Å². The van der Waals surface area contributed by atoms with Crippen molar-refractivity contribution in [3.63, 3.8) is 0 Å². The lowest BCUT2D eigenvalue weighted by Crippen LogP contribution is -1.90. The fourth-order valence-corrected chi connectivity index (χ4v) is 0.311. The average molecular weight is 111 g/mol. The van der Waals surface area contributed by atoms with Crippen LogP contribution < -0.4 is 5.73 Å². The fourth-order valence-electron chi connectivity index (χ4n) is 0.311. The highest BCUT2D eigenvalue weighted by Gasteiger charge is 1.75. The van der Waals surface area contributed by atoms with E-state index in [0.29, 0.717) is 5.95 Å². The number of hydrogen-bond donors (Lipinski definition) is 1. The second-order valence-corrected chi connectivity index (χ2v) is 1.11. The van der Waals surface area contributed by atoms with Gasteiger partial charge in [0.1, 0.15) is 0 Å². The van der Waals surface area contributed by atoms with Crippen molar-refractivity contribution in [1.82, 2.24) is 9.97 Å². The van der Waals surface area contributed by atoms with Gasteiger partial charge in [-0.2, -0.15) is 0 Å². The van der Waals surface area contributed by atoms with Crippen LogP contribution in [0.3, 0.4) is 0 Å². The van der Waals surface area contributed by atoms with Crippen molar-refractivity contribution in [3.05, 3.63) is 18.5 Å². The van der Waals surface area contributed by atoms with Crippen LogP contribution in [0.5, 0.6) is 0 Å². The standard InChI is InChI=1S/C4H5N3.CH4/c5-4-6-2-1-3-7-4;/h1-3H,(H2,5,6,7);1H4. The summed E-state index contributed by atoms with van der Waals surface area (Å²) in [4.78, 5) is 7.29. The Hall–Kier alpha value is -1.12. The second-order valence-electron chi connectivity index (χ2n) is 1.11. The Morgan fingerprint density at radius 1 is 1.25 bits per heavy atom. The maximum Gasteiger partial charge on any atom is 0.219 e. The van der Waals surface area contributed by atoms with Crippen LogP contribution in [0, 0.1) is 0 Å². The number of nitrogen functional groups attached to an aromatic ring is 1. The Morgan fingerprint density at radius 3 is 2.00 bits per heavy atom. The Balaban J connectivity index is 0.000000490. The summed E-state index contributed by atoms with van der Waals surface area (Å²) in [5.74, 6) is 0.322. The summed E-state index contributed by atoms with van der Waals surface area (Å²) in [6.45, 7) is 0. The molecule has 0 saturated heterocycles. The SMILES string of the molecule is C.Nc1ncccn1. The van der Waals surface area contributed by atoms with Crippen molar-refractivity contribution in [3.8, 4) is 0 Å². The molecule has 0 amide bonds. The van der Waals surface area contributed by atoms with Gasteiger partial charge in [0.15, 0.2) is 0 Å². The van der Waals surface area contributed by atoms with E-state index in [2.05, 4.69) is 9.97 Å². The monoisotopic (exact) mass is 111 g/mol. The van der Waals surface area contributed by atoms with Crippen LogP contribution in [0.25, 0.3) is 0 Å². The van der Waals surface area contributed by atoms with Gasteiger partial charge in [0.25, 0.3) is 0 Å². The maximum absolute atomic E-state index is 5.14. The lowest BCUT2D eigenvalue weighted by molar-refractivity contribution is 1.19. The molecule has 0 atom stereocenters. The molecule has 1 heterocycles. The van der Waals surface area contributed by atoms with Crippen LogP contribution in [0.2, 0.25) is 0 Å². The van der Waals surface area contributed by atoms with Gasteiger partial charge in [0, 0.05) is 12.4 Å². The van der Waals surface area contributed by atoms with Gasteiger partial charge < -0.3 is 5.73 Å². The number of hydrogen-bond acceptors (Lipinski definition) is 3. The first-order valence-corrected chi connectivity index (χ1v) is 1.92. The van der Waals surface area contributed by atoms with Crippen LogP contribution in [-0.2, 0) is 0 Å². The van der Waals surface area contributed by atoms with Gasteiger partial charge in [-0.05, 0) is 6.07 Å². The minimum absolute atomic E-state index is 0. The number of aromatic nitrogens is 2. The van der Waals surface area contributed by atoms with Crippen LogP contribution in [-0.4, -0.2) is 9.97 Å². The van der Waals surface area contributed by atoms with E-state index in [-0.39, 0.29) is 7.43 Å². The highest BCUT2D eigenvalue weighted by atomic mass is 15.0. The third-order valence-electron chi connectivity index (χ3n) is 0.586. The average Bonchev–Trinajstić information content (AvgIpc) is 1.69. The Morgan fingerprint density at radius 2 is 1.75 bits per heavy atom. The minimum atomic E-state index is 0. The molecule has 0 fully saturated rings. The highest BCUT2D eigenvalue weighted by molar-refractivity contribution is 5.11. The molecule has 3 heteroatoms. The van der Waals surface area contributed by atoms with Crippen molar-refractivity contribution in [2.75, 3.05) is 5.73 Å². The van der Waals surface area contributed by atoms with E-state index in [1.165, 1.54) is 0 Å². The first-order valence-electron chi connectivity index (χ1n) is 1.92.